The lowest BCUT2D eigenvalue weighted by Gasteiger charge is -2.34. The van der Waals surface area contributed by atoms with Gasteiger partial charge in [0.05, 0.1) is 7.11 Å². The minimum Gasteiger partial charge on any atom is -0.493 e. The Hall–Kier alpha value is -4.17. The third-order valence-corrected chi connectivity index (χ3v) is 6.19. The molecule has 5 rings (SSSR count). The largest absolute Gasteiger partial charge is 0.493 e. The summed E-state index contributed by atoms with van der Waals surface area (Å²) in [4.78, 5) is 21.5. The molecule has 1 aliphatic heterocycles. The van der Waals surface area contributed by atoms with Crippen molar-refractivity contribution in [2.75, 3.05) is 39.9 Å². The van der Waals surface area contributed by atoms with Crippen LogP contribution in [0.3, 0.4) is 0 Å². The molecule has 1 aliphatic rings. The fraction of sp³-hybridized carbons (Fsp3) is 0.250. The van der Waals surface area contributed by atoms with Crippen molar-refractivity contribution in [3.05, 3.63) is 84.4 Å². The van der Waals surface area contributed by atoms with Crippen LogP contribution in [0.25, 0.3) is 22.8 Å². The second-order valence-corrected chi connectivity index (χ2v) is 8.59. The lowest BCUT2D eigenvalue weighted by molar-refractivity contribution is -0.135. The summed E-state index contributed by atoms with van der Waals surface area (Å²) in [5, 5.41) is 4.09. The average Bonchev–Trinajstić information content (AvgIpc) is 3.44. The zero-order valence-electron chi connectivity index (χ0n) is 20.2. The van der Waals surface area contributed by atoms with Gasteiger partial charge in [-0.25, -0.2) is 0 Å². The molecule has 0 aliphatic carbocycles. The number of hydrogen-bond donors (Lipinski definition) is 0. The fourth-order valence-corrected chi connectivity index (χ4v) is 4.19. The summed E-state index contributed by atoms with van der Waals surface area (Å²) in [6.45, 7) is 3.91. The number of aromatic nitrogens is 2. The summed E-state index contributed by atoms with van der Waals surface area (Å²) in [7, 11) is 1.56. The molecule has 2 heterocycles. The molecule has 0 saturated carbocycles. The van der Waals surface area contributed by atoms with E-state index in [-0.39, 0.29) is 12.5 Å². The Morgan fingerprint density at radius 2 is 1.61 bits per heavy atom. The van der Waals surface area contributed by atoms with Gasteiger partial charge in [-0.2, -0.15) is 4.98 Å². The van der Waals surface area contributed by atoms with Gasteiger partial charge in [-0.15, -0.1) is 0 Å². The van der Waals surface area contributed by atoms with Crippen LogP contribution in [0.1, 0.15) is 5.56 Å². The maximum atomic E-state index is 12.8. The van der Waals surface area contributed by atoms with Gasteiger partial charge in [0, 0.05) is 43.9 Å². The van der Waals surface area contributed by atoms with E-state index < -0.39 is 0 Å². The summed E-state index contributed by atoms with van der Waals surface area (Å²) >= 11 is 0. The van der Waals surface area contributed by atoms with E-state index in [0.29, 0.717) is 36.3 Å². The van der Waals surface area contributed by atoms with Crippen molar-refractivity contribution in [1.29, 1.82) is 0 Å². The highest BCUT2D eigenvalue weighted by Crippen LogP contribution is 2.32. The van der Waals surface area contributed by atoms with Gasteiger partial charge in [0.25, 0.3) is 11.8 Å². The number of nitrogens with zero attached hydrogens (tertiary/aromatic N) is 4. The summed E-state index contributed by atoms with van der Waals surface area (Å²) < 4.78 is 16.8. The number of methoxy groups -OCH3 is 1. The van der Waals surface area contributed by atoms with E-state index in [2.05, 4.69) is 39.3 Å². The Labute approximate surface area is 210 Å². The Morgan fingerprint density at radius 1 is 0.889 bits per heavy atom. The quantitative estimate of drug-likeness (QED) is 0.372. The van der Waals surface area contributed by atoms with Gasteiger partial charge >= 0.3 is 0 Å². The number of ether oxygens (including phenoxy) is 2. The molecule has 3 aromatic carbocycles. The number of piperazine rings is 1. The fourth-order valence-electron chi connectivity index (χ4n) is 4.19. The van der Waals surface area contributed by atoms with E-state index in [1.54, 1.807) is 19.2 Å². The van der Waals surface area contributed by atoms with Crippen LogP contribution in [0.15, 0.2) is 83.4 Å². The summed E-state index contributed by atoms with van der Waals surface area (Å²) in [5.41, 5.74) is 2.86. The second-order valence-electron chi connectivity index (χ2n) is 8.59. The number of carbonyl (C=O) groups excluding carboxylic acids is 1. The molecule has 1 aromatic heterocycles. The molecule has 0 radical (unpaired) electrons. The van der Waals surface area contributed by atoms with Crippen LogP contribution in [-0.2, 0) is 11.3 Å². The summed E-state index contributed by atoms with van der Waals surface area (Å²) in [5.74, 6) is 1.84. The van der Waals surface area contributed by atoms with Crippen LogP contribution in [0.5, 0.6) is 11.5 Å². The second kappa shape index (κ2) is 11.0. The third kappa shape index (κ3) is 5.55. The number of benzene rings is 3. The predicted molar refractivity (Wildman–Crippen MR) is 136 cm³/mol. The zero-order valence-corrected chi connectivity index (χ0v) is 20.2. The number of hydrogen-bond acceptors (Lipinski definition) is 7. The van der Waals surface area contributed by atoms with Gasteiger partial charge in [0.2, 0.25) is 5.82 Å². The molecule has 1 fully saturated rings. The molecular weight excluding hydrogens is 456 g/mol. The minimum absolute atomic E-state index is 0.0360. The topological polar surface area (TPSA) is 80.9 Å². The van der Waals surface area contributed by atoms with Crippen LogP contribution < -0.4 is 9.47 Å². The zero-order chi connectivity index (χ0) is 24.7. The SMILES string of the molecule is COc1cc(-c2noc(-c3ccccc3)n2)ccc1OCC(=O)N1CCN(Cc2ccccc2)CC1. The first-order valence-electron chi connectivity index (χ1n) is 11.9. The Balaban J connectivity index is 1.16. The monoisotopic (exact) mass is 484 g/mol. The van der Waals surface area contributed by atoms with Gasteiger partial charge < -0.3 is 18.9 Å². The van der Waals surface area contributed by atoms with Crippen molar-refractivity contribution in [2.45, 2.75) is 6.54 Å². The predicted octanol–water partition coefficient (Wildman–Crippen LogP) is 4.14. The molecular formula is C28H28N4O4. The molecule has 8 nitrogen and oxygen atoms in total. The molecule has 1 saturated heterocycles. The molecule has 0 spiro atoms. The highest BCUT2D eigenvalue weighted by molar-refractivity contribution is 5.78. The molecule has 8 heteroatoms. The van der Waals surface area contributed by atoms with Crippen LogP contribution in [0, 0.1) is 0 Å². The van der Waals surface area contributed by atoms with Crippen molar-refractivity contribution in [2.24, 2.45) is 0 Å². The van der Waals surface area contributed by atoms with Crippen molar-refractivity contribution in [3.8, 4) is 34.3 Å². The van der Waals surface area contributed by atoms with Crippen LogP contribution in [0.4, 0.5) is 0 Å². The standard InChI is InChI=1S/C28H28N4O4/c1-34-25-18-23(27-29-28(36-30-27)22-10-6-3-7-11-22)12-13-24(25)35-20-26(33)32-16-14-31(15-17-32)19-21-8-4-2-5-9-21/h2-13,18H,14-17,19-20H2,1H3. The lowest BCUT2D eigenvalue weighted by Crippen LogP contribution is -2.49. The van der Waals surface area contributed by atoms with Crippen LogP contribution in [0.2, 0.25) is 0 Å². The number of amides is 1. The van der Waals surface area contributed by atoms with E-state index in [1.807, 2.05) is 47.4 Å². The Bertz CT molecular complexity index is 1290. The lowest BCUT2D eigenvalue weighted by atomic mass is 10.2. The van der Waals surface area contributed by atoms with Crippen molar-refractivity contribution < 1.29 is 18.8 Å². The highest BCUT2D eigenvalue weighted by Gasteiger charge is 2.22. The Morgan fingerprint density at radius 3 is 2.33 bits per heavy atom. The van der Waals surface area contributed by atoms with Crippen LogP contribution in [-0.4, -0.2) is 65.7 Å². The molecule has 0 atom stereocenters. The molecule has 0 bridgehead atoms. The third-order valence-electron chi connectivity index (χ3n) is 6.19. The maximum Gasteiger partial charge on any atom is 0.260 e. The molecule has 0 N–H and O–H groups in total. The number of rotatable bonds is 8. The van der Waals surface area contributed by atoms with Gasteiger partial charge in [-0.3, -0.25) is 9.69 Å². The minimum atomic E-state index is -0.0469. The highest BCUT2D eigenvalue weighted by atomic mass is 16.5. The maximum absolute atomic E-state index is 12.8. The Kier molecular flexibility index (Phi) is 7.23. The molecule has 4 aromatic rings. The van der Waals surface area contributed by atoms with E-state index >= 15 is 0 Å². The van der Waals surface area contributed by atoms with Crippen LogP contribution >= 0.6 is 0 Å². The number of carbonyl (C=O) groups is 1. The van der Waals surface area contributed by atoms with Crippen molar-refractivity contribution >= 4 is 5.91 Å². The molecule has 184 valence electrons. The van der Waals surface area contributed by atoms with E-state index in [9.17, 15) is 4.79 Å². The average molecular weight is 485 g/mol. The van der Waals surface area contributed by atoms with E-state index in [1.165, 1.54) is 5.56 Å². The summed E-state index contributed by atoms with van der Waals surface area (Å²) in [6, 6.07) is 25.3. The van der Waals surface area contributed by atoms with Gasteiger partial charge in [-0.1, -0.05) is 53.7 Å². The molecule has 36 heavy (non-hydrogen) atoms. The molecule has 0 unspecified atom stereocenters. The summed E-state index contributed by atoms with van der Waals surface area (Å²) in [6.07, 6.45) is 0. The molecule has 1 amide bonds. The van der Waals surface area contributed by atoms with Crippen molar-refractivity contribution in [1.82, 2.24) is 19.9 Å². The van der Waals surface area contributed by atoms with Crippen molar-refractivity contribution in [3.63, 3.8) is 0 Å². The first kappa shape index (κ1) is 23.6. The van der Waals surface area contributed by atoms with Gasteiger partial charge in [0.1, 0.15) is 0 Å². The smallest absolute Gasteiger partial charge is 0.260 e. The normalized spacial score (nSPS) is 14.0. The van der Waals surface area contributed by atoms with E-state index in [0.717, 1.165) is 30.8 Å². The van der Waals surface area contributed by atoms with Gasteiger partial charge in [0.15, 0.2) is 18.1 Å². The first-order chi connectivity index (χ1) is 17.7. The van der Waals surface area contributed by atoms with Gasteiger partial charge in [-0.05, 0) is 35.9 Å². The first-order valence-corrected chi connectivity index (χ1v) is 11.9. The van der Waals surface area contributed by atoms with E-state index in [4.69, 9.17) is 14.0 Å².